The lowest BCUT2D eigenvalue weighted by molar-refractivity contribution is 0.404. The van der Waals surface area contributed by atoms with Gasteiger partial charge in [-0.3, -0.25) is 0 Å². The molecular weight excluding hydrogens is 168 g/mol. The fraction of sp³-hybridized carbons (Fsp3) is 0.400. The molecule has 66 valence electrons. The normalized spacial score (nSPS) is 9.92. The minimum absolute atomic E-state index is 0.972. The number of methoxy groups -OCH3 is 1. The molecule has 1 aromatic rings. The summed E-state index contributed by atoms with van der Waals surface area (Å²) < 4.78 is 5.21. The summed E-state index contributed by atoms with van der Waals surface area (Å²) >= 11 is 1.72. The predicted octanol–water partition coefficient (Wildman–Crippen LogP) is 2.98. The van der Waals surface area contributed by atoms with Crippen LogP contribution in [0.1, 0.15) is 12.5 Å². The van der Waals surface area contributed by atoms with Crippen LogP contribution >= 0.6 is 11.8 Å². The molecule has 1 nitrogen and oxygen atoms in total. The number of thioether (sulfide) groups is 1. The van der Waals surface area contributed by atoms with Gasteiger partial charge in [0.25, 0.3) is 0 Å². The molecule has 0 radical (unpaired) electrons. The lowest BCUT2D eigenvalue weighted by atomic mass is 10.2. The summed E-state index contributed by atoms with van der Waals surface area (Å²) in [5.41, 5.74) is 1.36. The minimum Gasteiger partial charge on any atom is -0.496 e. The Bertz CT molecular complexity index is 258. The van der Waals surface area contributed by atoms with E-state index in [2.05, 4.69) is 25.3 Å². The van der Waals surface area contributed by atoms with Gasteiger partial charge in [-0.2, -0.15) is 0 Å². The van der Waals surface area contributed by atoms with E-state index in [1.54, 1.807) is 18.9 Å². The second kappa shape index (κ2) is 4.41. The number of rotatable bonds is 3. The third-order valence-corrected chi connectivity index (χ3v) is 2.62. The van der Waals surface area contributed by atoms with Gasteiger partial charge in [-0.15, -0.1) is 11.8 Å². The Morgan fingerprint density at radius 1 is 1.42 bits per heavy atom. The zero-order valence-corrected chi connectivity index (χ0v) is 8.57. The molecule has 0 unspecified atom stereocenters. The molecule has 0 spiro atoms. The van der Waals surface area contributed by atoms with Crippen molar-refractivity contribution in [3.05, 3.63) is 23.8 Å². The van der Waals surface area contributed by atoms with Crippen molar-refractivity contribution in [2.75, 3.05) is 13.4 Å². The van der Waals surface area contributed by atoms with Gasteiger partial charge in [0.1, 0.15) is 5.75 Å². The summed E-state index contributed by atoms with van der Waals surface area (Å²) in [6.45, 7) is 2.16. The van der Waals surface area contributed by atoms with Crippen molar-refractivity contribution in [1.29, 1.82) is 0 Å². The second-order valence-corrected chi connectivity index (χ2v) is 3.39. The first-order chi connectivity index (χ1) is 5.81. The fourth-order valence-corrected chi connectivity index (χ4v) is 1.72. The van der Waals surface area contributed by atoms with Crippen LogP contribution in [0.15, 0.2) is 23.1 Å². The van der Waals surface area contributed by atoms with Crippen LogP contribution in [0.2, 0.25) is 0 Å². The molecule has 0 amide bonds. The molecule has 0 aliphatic rings. The first-order valence-electron chi connectivity index (χ1n) is 4.02. The molecule has 2 heteroatoms. The van der Waals surface area contributed by atoms with Gasteiger partial charge in [0.05, 0.1) is 7.11 Å². The topological polar surface area (TPSA) is 9.23 Å². The molecule has 0 aliphatic carbocycles. The molecule has 0 bridgehead atoms. The van der Waals surface area contributed by atoms with E-state index < -0.39 is 0 Å². The lowest BCUT2D eigenvalue weighted by Crippen LogP contribution is -1.87. The summed E-state index contributed by atoms with van der Waals surface area (Å²) in [5, 5.41) is 0. The molecule has 0 N–H and O–H groups in total. The average Bonchev–Trinajstić information content (AvgIpc) is 2.16. The Balaban J connectivity index is 3.02. The number of benzene rings is 1. The summed E-state index contributed by atoms with van der Waals surface area (Å²) in [4.78, 5) is 1.22. The van der Waals surface area contributed by atoms with Crippen LogP contribution in [0.5, 0.6) is 5.75 Å². The fourth-order valence-electron chi connectivity index (χ4n) is 1.10. The van der Waals surface area contributed by atoms with Gasteiger partial charge in [-0.1, -0.05) is 13.0 Å². The highest BCUT2D eigenvalue weighted by Gasteiger charge is 2.01. The van der Waals surface area contributed by atoms with E-state index in [0.717, 1.165) is 12.2 Å². The molecule has 12 heavy (non-hydrogen) atoms. The smallest absolute Gasteiger partial charge is 0.132 e. The Kier molecular flexibility index (Phi) is 3.48. The molecule has 1 aromatic carbocycles. The third-order valence-electron chi connectivity index (χ3n) is 1.86. The van der Waals surface area contributed by atoms with Crippen molar-refractivity contribution in [2.24, 2.45) is 0 Å². The van der Waals surface area contributed by atoms with Crippen LogP contribution in [0.4, 0.5) is 0 Å². The maximum absolute atomic E-state index is 5.21. The number of hydrogen-bond acceptors (Lipinski definition) is 2. The van der Waals surface area contributed by atoms with E-state index in [-0.39, 0.29) is 0 Å². The standard InChI is InChI=1S/C10H14OS/c1-4-8-5-6-9(11-2)10(7-8)12-3/h5-7H,4H2,1-3H3. The Hall–Kier alpha value is -0.630. The van der Waals surface area contributed by atoms with Gasteiger partial charge < -0.3 is 4.74 Å². The monoisotopic (exact) mass is 182 g/mol. The van der Waals surface area contributed by atoms with E-state index in [4.69, 9.17) is 4.74 Å². The van der Waals surface area contributed by atoms with Gasteiger partial charge in [0, 0.05) is 4.90 Å². The molecule has 0 saturated carbocycles. The summed E-state index contributed by atoms with van der Waals surface area (Å²) in [6.07, 6.45) is 3.15. The van der Waals surface area contributed by atoms with Gasteiger partial charge >= 0.3 is 0 Å². The predicted molar refractivity (Wildman–Crippen MR) is 54.2 cm³/mol. The first-order valence-corrected chi connectivity index (χ1v) is 5.25. The quantitative estimate of drug-likeness (QED) is 0.665. The van der Waals surface area contributed by atoms with Crippen LogP contribution in [0.3, 0.4) is 0 Å². The van der Waals surface area contributed by atoms with Crippen LogP contribution in [-0.2, 0) is 6.42 Å². The van der Waals surface area contributed by atoms with Gasteiger partial charge in [-0.05, 0) is 30.4 Å². The summed E-state index contributed by atoms with van der Waals surface area (Å²) in [5.74, 6) is 0.972. The molecule has 0 aromatic heterocycles. The number of hydrogen-bond donors (Lipinski definition) is 0. The van der Waals surface area contributed by atoms with E-state index in [1.165, 1.54) is 10.5 Å². The first kappa shape index (κ1) is 9.46. The third kappa shape index (κ3) is 1.95. The molecule has 0 atom stereocenters. The van der Waals surface area contributed by atoms with Gasteiger partial charge in [-0.25, -0.2) is 0 Å². The number of ether oxygens (including phenoxy) is 1. The van der Waals surface area contributed by atoms with Gasteiger partial charge in [0.2, 0.25) is 0 Å². The van der Waals surface area contributed by atoms with Crippen molar-refractivity contribution in [3.8, 4) is 5.75 Å². The van der Waals surface area contributed by atoms with Crippen LogP contribution in [0.25, 0.3) is 0 Å². The second-order valence-electron chi connectivity index (χ2n) is 2.54. The SMILES string of the molecule is CCc1ccc(OC)c(SC)c1. The zero-order chi connectivity index (χ0) is 8.97. The Labute approximate surface area is 78.1 Å². The Morgan fingerprint density at radius 3 is 2.67 bits per heavy atom. The highest BCUT2D eigenvalue weighted by Crippen LogP contribution is 2.28. The van der Waals surface area contributed by atoms with Crippen molar-refractivity contribution in [1.82, 2.24) is 0 Å². The zero-order valence-electron chi connectivity index (χ0n) is 7.76. The molecule has 0 saturated heterocycles. The van der Waals surface area contributed by atoms with Gasteiger partial charge in [0.15, 0.2) is 0 Å². The van der Waals surface area contributed by atoms with E-state index in [1.807, 2.05) is 6.07 Å². The van der Waals surface area contributed by atoms with E-state index >= 15 is 0 Å². The highest BCUT2D eigenvalue weighted by molar-refractivity contribution is 7.98. The van der Waals surface area contributed by atoms with Crippen LogP contribution in [-0.4, -0.2) is 13.4 Å². The van der Waals surface area contributed by atoms with Crippen LogP contribution in [0, 0.1) is 0 Å². The maximum Gasteiger partial charge on any atom is 0.132 e. The van der Waals surface area contributed by atoms with E-state index in [9.17, 15) is 0 Å². The average molecular weight is 182 g/mol. The lowest BCUT2D eigenvalue weighted by Gasteiger charge is -2.07. The van der Waals surface area contributed by atoms with Crippen LogP contribution < -0.4 is 4.74 Å². The van der Waals surface area contributed by atoms with E-state index in [0.29, 0.717) is 0 Å². The molecule has 1 rings (SSSR count). The largest absolute Gasteiger partial charge is 0.496 e. The number of aryl methyl sites for hydroxylation is 1. The Morgan fingerprint density at radius 2 is 2.17 bits per heavy atom. The maximum atomic E-state index is 5.21. The van der Waals surface area contributed by atoms with Crippen molar-refractivity contribution < 1.29 is 4.74 Å². The molecular formula is C10H14OS. The van der Waals surface area contributed by atoms with Crippen molar-refractivity contribution in [2.45, 2.75) is 18.2 Å². The molecule has 0 aliphatic heterocycles. The van der Waals surface area contributed by atoms with Crippen molar-refractivity contribution >= 4 is 11.8 Å². The highest BCUT2D eigenvalue weighted by atomic mass is 32.2. The summed E-state index contributed by atoms with van der Waals surface area (Å²) in [6, 6.07) is 6.33. The minimum atomic E-state index is 0.972. The molecule has 0 fully saturated rings. The summed E-state index contributed by atoms with van der Waals surface area (Å²) in [7, 11) is 1.71. The molecule has 0 heterocycles. The van der Waals surface area contributed by atoms with Crippen molar-refractivity contribution in [3.63, 3.8) is 0 Å².